The van der Waals surface area contributed by atoms with Crippen LogP contribution in [0.5, 0.6) is 0 Å². The number of halogens is 1. The van der Waals surface area contributed by atoms with Crippen LogP contribution in [0.15, 0.2) is 23.1 Å². The standard InChI is InChI=1S/C15H19ClN2O3S/c1-3-22-12-5-4-10(16)8-11(12)17-14(21)18-7-6-15(2,9-18)13(19)20/h4-5,8H,3,6-7,9H2,1-2H3,(H,17,21)(H,19,20). The van der Waals surface area contributed by atoms with Crippen LogP contribution in [0.25, 0.3) is 0 Å². The first-order valence-electron chi connectivity index (χ1n) is 7.07. The monoisotopic (exact) mass is 342 g/mol. The van der Waals surface area contributed by atoms with Crippen molar-refractivity contribution in [2.45, 2.75) is 25.2 Å². The Kier molecular flexibility index (Phi) is 5.24. The number of thioether (sulfide) groups is 1. The van der Waals surface area contributed by atoms with Crippen LogP contribution in [0.1, 0.15) is 20.3 Å². The Hall–Kier alpha value is -1.40. The molecule has 7 heteroatoms. The highest BCUT2D eigenvalue weighted by Crippen LogP contribution is 2.33. The number of aliphatic carboxylic acids is 1. The maximum atomic E-state index is 12.4. The molecule has 1 aliphatic rings. The Bertz CT molecular complexity index is 596. The number of amides is 2. The lowest BCUT2D eigenvalue weighted by atomic mass is 9.90. The molecule has 120 valence electrons. The van der Waals surface area contributed by atoms with Crippen molar-refractivity contribution in [3.05, 3.63) is 23.2 Å². The molecule has 2 rings (SSSR count). The molecule has 0 saturated carbocycles. The molecule has 2 amide bonds. The third-order valence-corrected chi connectivity index (χ3v) is 4.95. The molecule has 0 aromatic heterocycles. The van der Waals surface area contributed by atoms with Crippen LogP contribution in [0, 0.1) is 5.41 Å². The van der Waals surface area contributed by atoms with E-state index in [-0.39, 0.29) is 12.6 Å². The van der Waals surface area contributed by atoms with Gasteiger partial charge in [-0.3, -0.25) is 4.79 Å². The molecule has 1 unspecified atom stereocenters. The number of urea groups is 1. The minimum atomic E-state index is -0.868. The van der Waals surface area contributed by atoms with Crippen LogP contribution >= 0.6 is 23.4 Å². The number of hydrogen-bond acceptors (Lipinski definition) is 3. The lowest BCUT2D eigenvalue weighted by Gasteiger charge is -2.21. The van der Waals surface area contributed by atoms with E-state index in [2.05, 4.69) is 5.32 Å². The summed E-state index contributed by atoms with van der Waals surface area (Å²) in [6.45, 7) is 4.35. The topological polar surface area (TPSA) is 69.6 Å². The summed E-state index contributed by atoms with van der Waals surface area (Å²) < 4.78 is 0. The van der Waals surface area contributed by atoms with E-state index in [4.69, 9.17) is 11.6 Å². The highest BCUT2D eigenvalue weighted by atomic mass is 35.5. The average Bonchev–Trinajstić information content (AvgIpc) is 2.86. The summed E-state index contributed by atoms with van der Waals surface area (Å²) in [5.74, 6) is 0.0125. The van der Waals surface area contributed by atoms with Gasteiger partial charge in [0.05, 0.1) is 11.1 Å². The third kappa shape index (κ3) is 3.67. The maximum Gasteiger partial charge on any atom is 0.321 e. The molecule has 2 N–H and O–H groups in total. The van der Waals surface area contributed by atoms with E-state index in [0.29, 0.717) is 23.7 Å². The van der Waals surface area contributed by atoms with E-state index < -0.39 is 11.4 Å². The summed E-state index contributed by atoms with van der Waals surface area (Å²) in [6, 6.07) is 5.08. The summed E-state index contributed by atoms with van der Waals surface area (Å²) in [5, 5.41) is 12.6. The predicted molar refractivity (Wildman–Crippen MR) is 88.8 cm³/mol. The molecule has 1 aliphatic heterocycles. The quantitative estimate of drug-likeness (QED) is 0.817. The van der Waals surface area contributed by atoms with Crippen LogP contribution < -0.4 is 5.32 Å². The Labute approximate surface area is 139 Å². The van der Waals surface area contributed by atoms with Crippen LogP contribution in [-0.4, -0.2) is 40.8 Å². The fourth-order valence-corrected chi connectivity index (χ4v) is 3.30. The van der Waals surface area contributed by atoms with Crippen LogP contribution in [0.2, 0.25) is 5.02 Å². The summed E-state index contributed by atoms with van der Waals surface area (Å²) in [7, 11) is 0. The smallest absolute Gasteiger partial charge is 0.321 e. The van der Waals surface area contributed by atoms with Gasteiger partial charge in [-0.1, -0.05) is 18.5 Å². The number of benzene rings is 1. The number of carbonyl (C=O) groups is 2. The van der Waals surface area contributed by atoms with Gasteiger partial charge in [-0.15, -0.1) is 11.8 Å². The van der Waals surface area contributed by atoms with Gasteiger partial charge in [0.1, 0.15) is 0 Å². The highest BCUT2D eigenvalue weighted by molar-refractivity contribution is 7.99. The van der Waals surface area contributed by atoms with Gasteiger partial charge < -0.3 is 15.3 Å². The van der Waals surface area contributed by atoms with Gasteiger partial charge in [0, 0.05) is 23.0 Å². The van der Waals surface area contributed by atoms with Gasteiger partial charge in [-0.25, -0.2) is 4.79 Å². The van der Waals surface area contributed by atoms with Gasteiger partial charge in [0.25, 0.3) is 0 Å². The fraction of sp³-hybridized carbons (Fsp3) is 0.467. The Balaban J connectivity index is 2.10. The third-order valence-electron chi connectivity index (χ3n) is 3.76. The van der Waals surface area contributed by atoms with Gasteiger partial charge in [0.15, 0.2) is 0 Å². The zero-order valence-electron chi connectivity index (χ0n) is 12.6. The molecular formula is C15H19ClN2O3S. The SMILES string of the molecule is CCSc1ccc(Cl)cc1NC(=O)N1CCC(C)(C(=O)O)C1. The van der Waals surface area contributed by atoms with Crippen LogP contribution in [0.3, 0.4) is 0 Å². The molecule has 1 aromatic carbocycles. The van der Waals surface area contributed by atoms with E-state index in [1.54, 1.807) is 30.8 Å². The van der Waals surface area contributed by atoms with Crippen molar-refractivity contribution in [1.82, 2.24) is 4.90 Å². The maximum absolute atomic E-state index is 12.4. The summed E-state index contributed by atoms with van der Waals surface area (Å²) in [4.78, 5) is 26.1. The number of carbonyl (C=O) groups excluding carboxylic acids is 1. The lowest BCUT2D eigenvalue weighted by molar-refractivity contribution is -0.146. The first kappa shape index (κ1) is 17.0. The number of hydrogen-bond donors (Lipinski definition) is 2. The van der Waals surface area contributed by atoms with Crippen molar-refractivity contribution < 1.29 is 14.7 Å². The fourth-order valence-electron chi connectivity index (χ4n) is 2.38. The number of likely N-dealkylation sites (tertiary alicyclic amines) is 1. The van der Waals surface area contributed by atoms with E-state index in [9.17, 15) is 14.7 Å². The molecule has 1 saturated heterocycles. The van der Waals surface area contributed by atoms with Crippen molar-refractivity contribution in [1.29, 1.82) is 0 Å². The Morgan fingerprint density at radius 1 is 1.50 bits per heavy atom. The zero-order chi connectivity index (χ0) is 16.3. The molecule has 1 atom stereocenters. The van der Waals surface area contributed by atoms with Crippen molar-refractivity contribution in [2.24, 2.45) is 5.41 Å². The molecule has 1 heterocycles. The second kappa shape index (κ2) is 6.79. The highest BCUT2D eigenvalue weighted by Gasteiger charge is 2.42. The van der Waals surface area contributed by atoms with Crippen LogP contribution in [-0.2, 0) is 4.79 Å². The van der Waals surface area contributed by atoms with Crippen LogP contribution in [0.4, 0.5) is 10.5 Å². The summed E-state index contributed by atoms with van der Waals surface area (Å²) >= 11 is 7.61. The lowest BCUT2D eigenvalue weighted by Crippen LogP contribution is -2.37. The molecule has 22 heavy (non-hydrogen) atoms. The van der Waals surface area contributed by atoms with E-state index in [1.807, 2.05) is 13.0 Å². The second-order valence-electron chi connectivity index (χ2n) is 5.54. The molecule has 0 radical (unpaired) electrons. The molecule has 1 fully saturated rings. The molecule has 1 aromatic rings. The minimum Gasteiger partial charge on any atom is -0.481 e. The van der Waals surface area contributed by atoms with E-state index in [0.717, 1.165) is 10.6 Å². The van der Waals surface area contributed by atoms with E-state index in [1.165, 1.54) is 4.90 Å². The first-order chi connectivity index (χ1) is 10.4. The second-order valence-corrected chi connectivity index (χ2v) is 7.28. The number of rotatable bonds is 4. The number of anilines is 1. The summed E-state index contributed by atoms with van der Waals surface area (Å²) in [6.07, 6.45) is 0.460. The van der Waals surface area contributed by atoms with Gasteiger partial charge in [-0.05, 0) is 37.3 Å². The van der Waals surface area contributed by atoms with Gasteiger partial charge >= 0.3 is 12.0 Å². The molecule has 5 nitrogen and oxygen atoms in total. The van der Waals surface area contributed by atoms with E-state index >= 15 is 0 Å². The van der Waals surface area contributed by atoms with Crippen molar-refractivity contribution >= 4 is 41.1 Å². The average molecular weight is 343 g/mol. The van der Waals surface area contributed by atoms with Gasteiger partial charge in [-0.2, -0.15) is 0 Å². The number of carboxylic acids is 1. The first-order valence-corrected chi connectivity index (χ1v) is 8.44. The van der Waals surface area contributed by atoms with Gasteiger partial charge in [0.2, 0.25) is 0 Å². The van der Waals surface area contributed by atoms with Crippen molar-refractivity contribution in [2.75, 3.05) is 24.2 Å². The van der Waals surface area contributed by atoms with Crippen molar-refractivity contribution in [3.8, 4) is 0 Å². The zero-order valence-corrected chi connectivity index (χ0v) is 14.1. The Morgan fingerprint density at radius 2 is 2.23 bits per heavy atom. The molecule has 0 aliphatic carbocycles. The summed E-state index contributed by atoms with van der Waals surface area (Å²) in [5.41, 5.74) is -0.208. The van der Waals surface area contributed by atoms with Crippen molar-refractivity contribution in [3.63, 3.8) is 0 Å². The molecule has 0 bridgehead atoms. The predicted octanol–water partition coefficient (Wildman–Crippen LogP) is 3.78. The molecule has 0 spiro atoms. The molecular weight excluding hydrogens is 324 g/mol. The number of nitrogens with one attached hydrogen (secondary N) is 1. The Morgan fingerprint density at radius 3 is 2.82 bits per heavy atom. The largest absolute Gasteiger partial charge is 0.481 e. The minimum absolute atomic E-state index is 0.213. The number of nitrogens with zero attached hydrogens (tertiary/aromatic N) is 1. The normalized spacial score (nSPS) is 21.0. The number of carboxylic acid groups (broad SMARTS) is 1.